The smallest absolute Gasteiger partial charge is 0.194 e. The molecule has 1 aliphatic rings. The van der Waals surface area contributed by atoms with Gasteiger partial charge in [-0.15, -0.1) is 24.0 Å². The fourth-order valence-corrected chi connectivity index (χ4v) is 2.31. The number of rotatable bonds is 4. The molecule has 0 spiro atoms. The van der Waals surface area contributed by atoms with Gasteiger partial charge in [0.05, 0.1) is 19.8 Å². The summed E-state index contributed by atoms with van der Waals surface area (Å²) in [6, 6.07) is 9.57. The molecule has 1 saturated heterocycles. The van der Waals surface area contributed by atoms with Crippen molar-refractivity contribution in [1.82, 2.24) is 9.97 Å². The lowest BCUT2D eigenvalue weighted by Crippen LogP contribution is -2.36. The highest BCUT2D eigenvalue weighted by molar-refractivity contribution is 14.0. The summed E-state index contributed by atoms with van der Waals surface area (Å²) in [4.78, 5) is 15.1. The minimum atomic E-state index is 0. The van der Waals surface area contributed by atoms with E-state index in [0.29, 0.717) is 18.3 Å². The van der Waals surface area contributed by atoms with Gasteiger partial charge in [0.15, 0.2) is 5.96 Å². The summed E-state index contributed by atoms with van der Waals surface area (Å²) in [6.45, 7) is 3.70. The molecule has 7 nitrogen and oxygen atoms in total. The van der Waals surface area contributed by atoms with Crippen molar-refractivity contribution in [2.24, 2.45) is 10.7 Å². The van der Waals surface area contributed by atoms with Crippen molar-refractivity contribution in [3.8, 4) is 0 Å². The SMILES string of the molecule is I.NC(=NCc1ccnc(N2CCOCC2)c1)Nc1ccccn1. The molecule has 0 amide bonds. The van der Waals surface area contributed by atoms with Gasteiger partial charge in [0.25, 0.3) is 0 Å². The Balaban J connectivity index is 0.00000208. The molecule has 1 aliphatic heterocycles. The third kappa shape index (κ3) is 5.31. The topological polar surface area (TPSA) is 88.7 Å². The monoisotopic (exact) mass is 440 g/mol. The molecule has 128 valence electrons. The number of halogens is 1. The normalized spacial score (nSPS) is 14.8. The number of guanidine groups is 1. The highest BCUT2D eigenvalue weighted by Gasteiger charge is 2.12. The highest BCUT2D eigenvalue weighted by atomic mass is 127. The van der Waals surface area contributed by atoms with Crippen LogP contribution in [0.4, 0.5) is 11.6 Å². The van der Waals surface area contributed by atoms with Gasteiger partial charge < -0.3 is 20.7 Å². The summed E-state index contributed by atoms with van der Waals surface area (Å²) in [7, 11) is 0. The second-order valence-electron chi connectivity index (χ2n) is 5.16. The highest BCUT2D eigenvalue weighted by Crippen LogP contribution is 2.14. The quantitative estimate of drug-likeness (QED) is 0.429. The first-order valence-electron chi connectivity index (χ1n) is 7.57. The van der Waals surface area contributed by atoms with Crippen LogP contribution in [0.1, 0.15) is 5.56 Å². The molecule has 0 saturated carbocycles. The predicted molar refractivity (Wildman–Crippen MR) is 106 cm³/mol. The predicted octanol–water partition coefficient (Wildman–Crippen LogP) is 1.86. The van der Waals surface area contributed by atoms with Crippen molar-refractivity contribution in [2.45, 2.75) is 6.54 Å². The van der Waals surface area contributed by atoms with E-state index >= 15 is 0 Å². The van der Waals surface area contributed by atoms with E-state index in [4.69, 9.17) is 10.5 Å². The van der Waals surface area contributed by atoms with E-state index in [9.17, 15) is 0 Å². The zero-order valence-corrected chi connectivity index (χ0v) is 15.6. The Morgan fingerprint density at radius 1 is 1.21 bits per heavy atom. The Morgan fingerprint density at radius 2 is 2.04 bits per heavy atom. The van der Waals surface area contributed by atoms with Gasteiger partial charge in [-0.05, 0) is 29.8 Å². The molecule has 3 heterocycles. The second kappa shape index (κ2) is 9.38. The maximum absolute atomic E-state index is 5.89. The summed E-state index contributed by atoms with van der Waals surface area (Å²) >= 11 is 0. The summed E-state index contributed by atoms with van der Waals surface area (Å²) < 4.78 is 5.36. The van der Waals surface area contributed by atoms with E-state index in [0.717, 1.165) is 37.7 Å². The van der Waals surface area contributed by atoms with Crippen molar-refractivity contribution in [3.63, 3.8) is 0 Å². The first-order valence-corrected chi connectivity index (χ1v) is 7.57. The number of nitrogens with zero attached hydrogens (tertiary/aromatic N) is 4. The fraction of sp³-hybridized carbons (Fsp3) is 0.312. The Labute approximate surface area is 158 Å². The Hall–Kier alpha value is -1.94. The number of aliphatic imine (C=N–C) groups is 1. The molecular formula is C16H21IN6O. The Morgan fingerprint density at radius 3 is 2.79 bits per heavy atom. The molecule has 2 aromatic heterocycles. The van der Waals surface area contributed by atoms with Crippen LogP contribution < -0.4 is 16.0 Å². The molecule has 24 heavy (non-hydrogen) atoms. The molecule has 3 rings (SSSR count). The van der Waals surface area contributed by atoms with Gasteiger partial charge in [-0.1, -0.05) is 6.07 Å². The lowest BCUT2D eigenvalue weighted by atomic mass is 10.2. The Bertz CT molecular complexity index is 661. The van der Waals surface area contributed by atoms with Crippen LogP contribution in [0.2, 0.25) is 0 Å². The summed E-state index contributed by atoms with van der Waals surface area (Å²) in [5.41, 5.74) is 6.95. The summed E-state index contributed by atoms with van der Waals surface area (Å²) in [5.74, 6) is 1.98. The van der Waals surface area contributed by atoms with Crippen molar-refractivity contribution in [2.75, 3.05) is 36.5 Å². The van der Waals surface area contributed by atoms with Gasteiger partial charge in [-0.25, -0.2) is 15.0 Å². The van der Waals surface area contributed by atoms with Crippen LogP contribution in [-0.4, -0.2) is 42.2 Å². The zero-order valence-electron chi connectivity index (χ0n) is 13.3. The number of hydrogen-bond donors (Lipinski definition) is 2. The molecule has 0 radical (unpaired) electrons. The summed E-state index contributed by atoms with van der Waals surface area (Å²) in [6.07, 6.45) is 3.51. The number of hydrogen-bond acceptors (Lipinski definition) is 5. The Kier molecular flexibility index (Phi) is 7.19. The van der Waals surface area contributed by atoms with Gasteiger partial charge in [0.2, 0.25) is 0 Å². The maximum atomic E-state index is 5.89. The minimum Gasteiger partial charge on any atom is -0.378 e. The van der Waals surface area contributed by atoms with Crippen LogP contribution in [0.3, 0.4) is 0 Å². The average molecular weight is 440 g/mol. The number of ether oxygens (including phenoxy) is 1. The van der Waals surface area contributed by atoms with Gasteiger partial charge in [-0.2, -0.15) is 0 Å². The molecule has 1 fully saturated rings. The third-order valence-corrected chi connectivity index (χ3v) is 3.50. The van der Waals surface area contributed by atoms with E-state index in [1.807, 2.05) is 30.3 Å². The largest absolute Gasteiger partial charge is 0.378 e. The first kappa shape index (κ1) is 18.4. The number of aromatic nitrogens is 2. The van der Waals surface area contributed by atoms with Crippen LogP contribution in [0, 0.1) is 0 Å². The third-order valence-electron chi connectivity index (χ3n) is 3.50. The van der Waals surface area contributed by atoms with E-state index in [1.165, 1.54) is 0 Å². The molecule has 0 unspecified atom stereocenters. The number of morpholine rings is 1. The lowest BCUT2D eigenvalue weighted by molar-refractivity contribution is 0.122. The zero-order chi connectivity index (χ0) is 15.9. The fourth-order valence-electron chi connectivity index (χ4n) is 2.31. The molecule has 2 aromatic rings. The van der Waals surface area contributed by atoms with Crippen molar-refractivity contribution >= 4 is 41.6 Å². The standard InChI is InChI=1S/C16H20N6O.HI/c17-16(21-14-3-1-2-5-18-14)20-12-13-4-6-19-15(11-13)22-7-9-23-10-8-22;/h1-6,11H,7-10,12H2,(H3,17,18,20,21);1H. The van der Waals surface area contributed by atoms with Crippen LogP contribution >= 0.6 is 24.0 Å². The number of nitrogens with one attached hydrogen (secondary N) is 1. The van der Waals surface area contributed by atoms with Gasteiger partial charge in [-0.3, -0.25) is 0 Å². The van der Waals surface area contributed by atoms with E-state index in [1.54, 1.807) is 12.4 Å². The number of nitrogens with two attached hydrogens (primary N) is 1. The lowest BCUT2D eigenvalue weighted by Gasteiger charge is -2.27. The first-order chi connectivity index (χ1) is 11.3. The van der Waals surface area contributed by atoms with Gasteiger partial charge >= 0.3 is 0 Å². The number of pyridine rings is 2. The van der Waals surface area contributed by atoms with Crippen LogP contribution in [-0.2, 0) is 11.3 Å². The van der Waals surface area contributed by atoms with Gasteiger partial charge in [0, 0.05) is 25.5 Å². The van der Waals surface area contributed by atoms with E-state index < -0.39 is 0 Å². The van der Waals surface area contributed by atoms with Gasteiger partial charge in [0.1, 0.15) is 11.6 Å². The van der Waals surface area contributed by atoms with Crippen molar-refractivity contribution in [1.29, 1.82) is 0 Å². The number of anilines is 2. The van der Waals surface area contributed by atoms with Crippen LogP contribution in [0.15, 0.2) is 47.7 Å². The minimum absolute atomic E-state index is 0. The van der Waals surface area contributed by atoms with Crippen LogP contribution in [0.25, 0.3) is 0 Å². The molecular weight excluding hydrogens is 419 g/mol. The average Bonchev–Trinajstić information content (AvgIpc) is 2.62. The van der Waals surface area contributed by atoms with E-state index in [-0.39, 0.29) is 24.0 Å². The van der Waals surface area contributed by atoms with Crippen LogP contribution in [0.5, 0.6) is 0 Å². The maximum Gasteiger partial charge on any atom is 0.194 e. The molecule has 8 heteroatoms. The molecule has 0 aromatic carbocycles. The second-order valence-corrected chi connectivity index (χ2v) is 5.16. The molecule has 0 bridgehead atoms. The van der Waals surface area contributed by atoms with Crippen molar-refractivity contribution < 1.29 is 4.74 Å². The molecule has 0 aliphatic carbocycles. The van der Waals surface area contributed by atoms with E-state index in [2.05, 4.69) is 25.2 Å². The molecule has 3 N–H and O–H groups in total. The van der Waals surface area contributed by atoms with Crippen molar-refractivity contribution in [3.05, 3.63) is 48.3 Å². The summed E-state index contributed by atoms with van der Waals surface area (Å²) in [5, 5.41) is 2.96. The molecule has 0 atom stereocenters.